The molecule has 7 heteroatoms. The molecule has 1 aromatic rings. The maximum absolute atomic E-state index is 13.0. The van der Waals surface area contributed by atoms with Gasteiger partial charge in [-0.3, -0.25) is 19.7 Å². The Morgan fingerprint density at radius 2 is 2.00 bits per heavy atom. The molecule has 2 aliphatic heterocycles. The molecular weight excluding hydrogens is 360 g/mol. The Morgan fingerprint density at radius 3 is 2.75 bits per heavy atom. The second-order valence-corrected chi connectivity index (χ2v) is 7.77. The van der Waals surface area contributed by atoms with E-state index in [9.17, 15) is 19.7 Å². The number of piperidine rings is 1. The highest BCUT2D eigenvalue weighted by molar-refractivity contribution is 5.89. The standard InChI is InChI=1S/C21H24N2O5/c1-28-21(25)19-15-8-2-3-9-16(15)22-11-5-10-17(24)20(22)18(19)13-6-4-7-14(12-13)23(26)27/h4,6-7,12,18-20H,2-3,5,8-11H2,1H3. The summed E-state index contributed by atoms with van der Waals surface area (Å²) in [5.41, 5.74) is 2.81. The molecule has 1 aliphatic carbocycles. The van der Waals surface area contributed by atoms with Crippen LogP contribution < -0.4 is 0 Å². The molecule has 0 amide bonds. The number of carbonyl (C=O) groups is 2. The summed E-state index contributed by atoms with van der Waals surface area (Å²) in [6.45, 7) is 0.786. The SMILES string of the molecule is COC(=O)C1C2=C(CCCC2)N2CCCC(=O)C2C1c1cccc([N+](=O)[O-])c1. The van der Waals surface area contributed by atoms with E-state index in [0.29, 0.717) is 12.0 Å². The fraction of sp³-hybridized carbons (Fsp3) is 0.524. The van der Waals surface area contributed by atoms with E-state index in [1.165, 1.54) is 19.2 Å². The molecule has 3 atom stereocenters. The zero-order chi connectivity index (χ0) is 19.8. The van der Waals surface area contributed by atoms with Crippen molar-refractivity contribution in [3.63, 3.8) is 0 Å². The Balaban J connectivity index is 1.91. The fourth-order valence-electron chi connectivity index (χ4n) is 5.19. The molecule has 3 aliphatic rings. The van der Waals surface area contributed by atoms with Crippen LogP contribution in [0.4, 0.5) is 5.69 Å². The molecule has 1 saturated heterocycles. The molecule has 28 heavy (non-hydrogen) atoms. The van der Waals surface area contributed by atoms with Crippen LogP contribution in [0.2, 0.25) is 0 Å². The van der Waals surface area contributed by atoms with Crippen LogP contribution in [-0.4, -0.2) is 41.3 Å². The number of non-ortho nitro benzene ring substituents is 1. The number of ketones is 1. The quantitative estimate of drug-likeness (QED) is 0.451. The number of nitrogens with zero attached hydrogens (tertiary/aromatic N) is 2. The van der Waals surface area contributed by atoms with Gasteiger partial charge in [-0.05, 0) is 43.2 Å². The van der Waals surface area contributed by atoms with Crippen molar-refractivity contribution >= 4 is 17.4 Å². The average Bonchev–Trinajstić information content (AvgIpc) is 2.72. The second-order valence-electron chi connectivity index (χ2n) is 7.77. The summed E-state index contributed by atoms with van der Waals surface area (Å²) in [6.07, 6.45) is 5.00. The van der Waals surface area contributed by atoms with Crippen LogP contribution in [0, 0.1) is 16.0 Å². The number of methoxy groups -OCH3 is 1. The van der Waals surface area contributed by atoms with Crippen molar-refractivity contribution < 1.29 is 19.2 Å². The van der Waals surface area contributed by atoms with E-state index in [1.54, 1.807) is 12.1 Å². The van der Waals surface area contributed by atoms with Crippen molar-refractivity contribution in [1.82, 2.24) is 4.90 Å². The number of ether oxygens (including phenoxy) is 1. The van der Waals surface area contributed by atoms with Crippen molar-refractivity contribution in [3.05, 3.63) is 51.2 Å². The van der Waals surface area contributed by atoms with Crippen LogP contribution in [-0.2, 0) is 14.3 Å². The smallest absolute Gasteiger partial charge is 0.313 e. The molecule has 1 fully saturated rings. The minimum absolute atomic E-state index is 0.0284. The van der Waals surface area contributed by atoms with Gasteiger partial charge in [0.1, 0.15) is 0 Å². The first-order valence-corrected chi connectivity index (χ1v) is 9.86. The maximum Gasteiger partial charge on any atom is 0.313 e. The minimum atomic E-state index is -0.564. The molecule has 148 valence electrons. The summed E-state index contributed by atoms with van der Waals surface area (Å²) >= 11 is 0. The van der Waals surface area contributed by atoms with Crippen molar-refractivity contribution in [2.75, 3.05) is 13.7 Å². The van der Waals surface area contributed by atoms with Crippen molar-refractivity contribution in [1.29, 1.82) is 0 Å². The lowest BCUT2D eigenvalue weighted by molar-refractivity contribution is -0.384. The number of hydrogen-bond acceptors (Lipinski definition) is 6. The Hall–Kier alpha value is -2.70. The number of nitro groups is 1. The molecule has 0 bridgehead atoms. The van der Waals surface area contributed by atoms with Gasteiger partial charge < -0.3 is 9.64 Å². The van der Waals surface area contributed by atoms with E-state index in [-0.39, 0.29) is 17.4 Å². The van der Waals surface area contributed by atoms with Gasteiger partial charge in [-0.25, -0.2) is 0 Å². The van der Waals surface area contributed by atoms with Gasteiger partial charge in [-0.15, -0.1) is 0 Å². The molecule has 4 rings (SSSR count). The molecule has 0 spiro atoms. The molecule has 3 unspecified atom stereocenters. The summed E-state index contributed by atoms with van der Waals surface area (Å²) in [5.74, 6) is -1.28. The monoisotopic (exact) mass is 384 g/mol. The first-order valence-electron chi connectivity index (χ1n) is 9.86. The van der Waals surface area contributed by atoms with Gasteiger partial charge in [0.05, 0.1) is 24.0 Å². The van der Waals surface area contributed by atoms with E-state index in [1.807, 2.05) is 0 Å². The number of allylic oxidation sites excluding steroid dienone is 1. The molecule has 0 aromatic heterocycles. The van der Waals surface area contributed by atoms with E-state index in [0.717, 1.165) is 49.9 Å². The summed E-state index contributed by atoms with van der Waals surface area (Å²) in [7, 11) is 1.37. The Bertz CT molecular complexity index is 862. The summed E-state index contributed by atoms with van der Waals surface area (Å²) in [4.78, 5) is 39.0. The van der Waals surface area contributed by atoms with E-state index >= 15 is 0 Å². The van der Waals surface area contributed by atoms with Crippen molar-refractivity contribution in [2.24, 2.45) is 5.92 Å². The second kappa shape index (κ2) is 7.37. The number of Topliss-reactive ketones (excluding diaryl/α,β-unsaturated/α-hetero) is 1. The summed E-state index contributed by atoms with van der Waals surface area (Å²) in [5, 5.41) is 11.3. The molecule has 0 saturated carbocycles. The molecule has 1 aromatic carbocycles. The van der Waals surface area contributed by atoms with Crippen LogP contribution in [0.5, 0.6) is 0 Å². The third-order valence-electron chi connectivity index (χ3n) is 6.31. The lowest BCUT2D eigenvalue weighted by Crippen LogP contribution is -2.55. The molecule has 7 nitrogen and oxygen atoms in total. The number of benzene rings is 1. The van der Waals surface area contributed by atoms with Crippen LogP contribution in [0.25, 0.3) is 0 Å². The van der Waals surface area contributed by atoms with Gasteiger partial charge in [0.25, 0.3) is 5.69 Å². The van der Waals surface area contributed by atoms with Crippen molar-refractivity contribution in [2.45, 2.75) is 50.5 Å². The maximum atomic E-state index is 13.0. The Morgan fingerprint density at radius 1 is 1.21 bits per heavy atom. The highest BCUT2D eigenvalue weighted by Gasteiger charge is 2.50. The predicted octanol–water partition coefficient (Wildman–Crippen LogP) is 3.34. The topological polar surface area (TPSA) is 89.8 Å². The largest absolute Gasteiger partial charge is 0.469 e. The van der Waals surface area contributed by atoms with E-state index in [2.05, 4.69) is 4.90 Å². The number of nitro benzene ring substituents is 1. The lowest BCUT2D eigenvalue weighted by atomic mass is 9.67. The van der Waals surface area contributed by atoms with Gasteiger partial charge >= 0.3 is 5.97 Å². The predicted molar refractivity (Wildman–Crippen MR) is 102 cm³/mol. The van der Waals surface area contributed by atoms with Crippen molar-refractivity contribution in [3.8, 4) is 0 Å². The van der Waals surface area contributed by atoms with Crippen LogP contribution >= 0.6 is 0 Å². The third kappa shape index (κ3) is 2.99. The van der Waals surface area contributed by atoms with Gasteiger partial charge in [0, 0.05) is 36.7 Å². The van der Waals surface area contributed by atoms with Gasteiger partial charge in [0.15, 0.2) is 5.78 Å². The normalized spacial score (nSPS) is 27.1. The number of carbonyl (C=O) groups excluding carboxylic acids is 2. The van der Waals surface area contributed by atoms with Gasteiger partial charge in [0.2, 0.25) is 0 Å². The first kappa shape index (κ1) is 18.7. The molecular formula is C21H24N2O5. The highest BCUT2D eigenvalue weighted by atomic mass is 16.6. The number of fused-ring (bicyclic) bond motifs is 2. The van der Waals surface area contributed by atoms with Gasteiger partial charge in [-0.2, -0.15) is 0 Å². The van der Waals surface area contributed by atoms with Gasteiger partial charge in [-0.1, -0.05) is 12.1 Å². The Kier molecular flexibility index (Phi) is 4.91. The Labute approximate surface area is 163 Å². The van der Waals surface area contributed by atoms with E-state index < -0.39 is 22.8 Å². The zero-order valence-corrected chi connectivity index (χ0v) is 15.9. The number of hydrogen-bond donors (Lipinski definition) is 0. The summed E-state index contributed by atoms with van der Waals surface area (Å²) < 4.78 is 5.15. The highest BCUT2D eigenvalue weighted by Crippen LogP contribution is 2.49. The number of rotatable bonds is 3. The molecule has 0 radical (unpaired) electrons. The third-order valence-corrected chi connectivity index (χ3v) is 6.31. The fourth-order valence-corrected chi connectivity index (χ4v) is 5.19. The lowest BCUT2D eigenvalue weighted by Gasteiger charge is -2.50. The van der Waals surface area contributed by atoms with Crippen LogP contribution in [0.3, 0.4) is 0 Å². The van der Waals surface area contributed by atoms with E-state index in [4.69, 9.17) is 4.74 Å². The minimum Gasteiger partial charge on any atom is -0.469 e. The summed E-state index contributed by atoms with van der Waals surface area (Å²) in [6, 6.07) is 5.91. The number of esters is 1. The average molecular weight is 384 g/mol. The molecule has 2 heterocycles. The van der Waals surface area contributed by atoms with Crippen LogP contribution in [0.1, 0.15) is 50.0 Å². The molecule has 0 N–H and O–H groups in total. The zero-order valence-electron chi connectivity index (χ0n) is 15.9. The van der Waals surface area contributed by atoms with Crippen LogP contribution in [0.15, 0.2) is 35.5 Å². The first-order chi connectivity index (χ1) is 13.5.